The van der Waals surface area contributed by atoms with Crippen LogP contribution in [0.25, 0.3) is 16.9 Å². The molecule has 4 rings (SSSR count). The van der Waals surface area contributed by atoms with Crippen molar-refractivity contribution < 1.29 is 13.2 Å². The Hall–Kier alpha value is -2.02. The highest BCUT2D eigenvalue weighted by molar-refractivity contribution is 9.10. The number of halogens is 1. The fraction of sp³-hybridized carbons (Fsp3) is 0.438. The molecule has 0 N–H and O–H groups in total. The number of morpholine rings is 1. The third-order valence-corrected chi connectivity index (χ3v) is 7.14. The van der Waals surface area contributed by atoms with Crippen LogP contribution in [0.1, 0.15) is 5.69 Å². The molecule has 1 aliphatic rings. The first kappa shape index (κ1) is 19.3. The molecule has 1 aliphatic heterocycles. The van der Waals surface area contributed by atoms with E-state index in [-0.39, 0.29) is 0 Å². The fourth-order valence-electron chi connectivity index (χ4n) is 2.98. The van der Waals surface area contributed by atoms with Gasteiger partial charge >= 0.3 is 10.2 Å². The number of aromatic nitrogens is 5. The third kappa shape index (κ3) is 3.19. The van der Waals surface area contributed by atoms with Crippen LogP contribution in [0.5, 0.6) is 0 Å². The molecule has 1 saturated heterocycles. The molecule has 0 amide bonds. The van der Waals surface area contributed by atoms with E-state index in [4.69, 9.17) is 9.84 Å². The van der Waals surface area contributed by atoms with Gasteiger partial charge in [0.15, 0.2) is 11.5 Å². The summed E-state index contributed by atoms with van der Waals surface area (Å²) in [6.45, 7) is 4.61. The first-order valence-electron chi connectivity index (χ1n) is 8.65. The largest absolute Gasteiger partial charge is 0.378 e. The highest BCUT2D eigenvalue weighted by atomic mass is 79.9. The van der Waals surface area contributed by atoms with Crippen LogP contribution in [0.15, 0.2) is 23.2 Å². The van der Waals surface area contributed by atoms with Crippen LogP contribution >= 0.6 is 15.9 Å². The number of aryl methyl sites for hydroxylation is 1. The van der Waals surface area contributed by atoms with Gasteiger partial charge in [-0.1, -0.05) is 0 Å². The lowest BCUT2D eigenvalue weighted by molar-refractivity contribution is 0.122. The highest BCUT2D eigenvalue weighted by Gasteiger charge is 2.22. The number of nitrogens with zero attached hydrogens (tertiary/aromatic N) is 7. The minimum absolute atomic E-state index is 0.504. The van der Waals surface area contributed by atoms with Gasteiger partial charge in [-0.15, -0.1) is 5.10 Å². The van der Waals surface area contributed by atoms with E-state index in [1.165, 1.54) is 26.6 Å². The van der Waals surface area contributed by atoms with Crippen molar-refractivity contribution >= 4 is 37.6 Å². The van der Waals surface area contributed by atoms with E-state index in [0.29, 0.717) is 30.1 Å². The fourth-order valence-corrected chi connectivity index (χ4v) is 4.10. The standard InChI is InChI=1S/C16H20BrN7O3S/c1-11-15(17)24-16(19-11)12(8-14(20-24)22-4-6-27-7-5-22)13-9-23(10-18-13)28(25,26)21(2)3/h8-10H,4-7H2,1-3H3. The zero-order chi connectivity index (χ0) is 20.1. The molecule has 0 radical (unpaired) electrons. The molecule has 1 fully saturated rings. The van der Waals surface area contributed by atoms with Gasteiger partial charge in [0.05, 0.1) is 30.2 Å². The molecule has 0 bridgehead atoms. The Labute approximate surface area is 171 Å². The van der Waals surface area contributed by atoms with Crippen LogP contribution in [-0.2, 0) is 14.9 Å². The number of imidazole rings is 2. The monoisotopic (exact) mass is 469 g/mol. The van der Waals surface area contributed by atoms with Crippen molar-refractivity contribution in [1.82, 2.24) is 27.9 Å². The SMILES string of the molecule is Cc1nc2c(-c3cn(S(=O)(=O)N(C)C)cn3)cc(N3CCOCC3)nn2c1Br. The van der Waals surface area contributed by atoms with Crippen molar-refractivity contribution in [3.8, 4) is 11.3 Å². The summed E-state index contributed by atoms with van der Waals surface area (Å²) in [4.78, 5) is 11.0. The molecule has 0 unspecified atom stereocenters. The maximum Gasteiger partial charge on any atom is 0.308 e. The zero-order valence-corrected chi connectivity index (χ0v) is 18.1. The van der Waals surface area contributed by atoms with Gasteiger partial charge in [-0.3, -0.25) is 0 Å². The molecule has 0 aromatic carbocycles. The molecule has 4 heterocycles. The number of ether oxygens (including phenoxy) is 1. The lowest BCUT2D eigenvalue weighted by Gasteiger charge is -2.28. The van der Waals surface area contributed by atoms with Crippen molar-refractivity contribution in [1.29, 1.82) is 0 Å². The van der Waals surface area contributed by atoms with Gasteiger partial charge in [0.2, 0.25) is 0 Å². The quantitative estimate of drug-likeness (QED) is 0.565. The molecular formula is C16H20BrN7O3S. The number of rotatable bonds is 4. The Balaban J connectivity index is 1.88. The first-order valence-corrected chi connectivity index (χ1v) is 10.8. The Morgan fingerprint density at radius 3 is 2.64 bits per heavy atom. The van der Waals surface area contributed by atoms with Gasteiger partial charge in [0.1, 0.15) is 10.9 Å². The summed E-state index contributed by atoms with van der Waals surface area (Å²) < 4.78 is 34.9. The van der Waals surface area contributed by atoms with E-state index >= 15 is 0 Å². The summed E-state index contributed by atoms with van der Waals surface area (Å²) in [5.41, 5.74) is 2.60. The van der Waals surface area contributed by atoms with Gasteiger partial charge in [-0.05, 0) is 28.9 Å². The van der Waals surface area contributed by atoms with Crippen LogP contribution in [0.3, 0.4) is 0 Å². The van der Waals surface area contributed by atoms with E-state index < -0.39 is 10.2 Å². The smallest absolute Gasteiger partial charge is 0.308 e. The molecule has 0 spiro atoms. The van der Waals surface area contributed by atoms with Gasteiger partial charge < -0.3 is 9.64 Å². The molecule has 0 atom stereocenters. The average Bonchev–Trinajstić information content (AvgIpc) is 3.28. The van der Waals surface area contributed by atoms with Crippen molar-refractivity contribution in [2.45, 2.75) is 6.92 Å². The number of hydrogen-bond acceptors (Lipinski definition) is 7. The van der Waals surface area contributed by atoms with E-state index in [9.17, 15) is 8.42 Å². The van der Waals surface area contributed by atoms with Crippen molar-refractivity contribution in [3.63, 3.8) is 0 Å². The Kier molecular flexibility index (Phi) is 4.89. The summed E-state index contributed by atoms with van der Waals surface area (Å²) in [5.74, 6) is 0.758. The number of fused-ring (bicyclic) bond motifs is 1. The van der Waals surface area contributed by atoms with Crippen molar-refractivity contribution in [2.75, 3.05) is 45.3 Å². The van der Waals surface area contributed by atoms with Crippen LogP contribution < -0.4 is 4.90 Å². The van der Waals surface area contributed by atoms with Gasteiger partial charge in [-0.2, -0.15) is 12.7 Å². The number of hydrogen-bond donors (Lipinski definition) is 0. The Morgan fingerprint density at radius 2 is 1.96 bits per heavy atom. The Bertz CT molecular complexity index is 1130. The van der Waals surface area contributed by atoms with Crippen LogP contribution in [0.2, 0.25) is 0 Å². The van der Waals surface area contributed by atoms with Gasteiger partial charge in [-0.25, -0.2) is 18.5 Å². The van der Waals surface area contributed by atoms with Crippen LogP contribution in [0, 0.1) is 6.92 Å². The minimum Gasteiger partial charge on any atom is -0.378 e. The predicted molar refractivity (Wildman–Crippen MR) is 108 cm³/mol. The molecule has 150 valence electrons. The molecule has 12 heteroatoms. The second-order valence-electron chi connectivity index (χ2n) is 6.62. The normalized spacial score (nSPS) is 15.7. The molecular weight excluding hydrogens is 450 g/mol. The second-order valence-corrected chi connectivity index (χ2v) is 9.42. The Morgan fingerprint density at radius 1 is 1.25 bits per heavy atom. The highest BCUT2D eigenvalue weighted by Crippen LogP contribution is 2.30. The predicted octanol–water partition coefficient (Wildman–Crippen LogP) is 1.15. The summed E-state index contributed by atoms with van der Waals surface area (Å²) in [7, 11) is -0.688. The maximum atomic E-state index is 12.4. The average molecular weight is 470 g/mol. The van der Waals surface area contributed by atoms with E-state index in [2.05, 4.69) is 30.8 Å². The zero-order valence-electron chi connectivity index (χ0n) is 15.7. The maximum absolute atomic E-state index is 12.4. The van der Waals surface area contributed by atoms with Crippen LogP contribution in [0.4, 0.5) is 5.82 Å². The molecule has 3 aromatic heterocycles. The van der Waals surface area contributed by atoms with Gasteiger partial charge in [0.25, 0.3) is 0 Å². The van der Waals surface area contributed by atoms with Crippen molar-refractivity contribution in [2.24, 2.45) is 0 Å². The minimum atomic E-state index is -3.64. The first-order chi connectivity index (χ1) is 13.3. The third-order valence-electron chi connectivity index (χ3n) is 4.57. The number of anilines is 1. The topological polar surface area (TPSA) is 97.9 Å². The summed E-state index contributed by atoms with van der Waals surface area (Å²) in [6, 6.07) is 1.90. The summed E-state index contributed by atoms with van der Waals surface area (Å²) >= 11 is 3.54. The van der Waals surface area contributed by atoms with Crippen molar-refractivity contribution in [3.05, 3.63) is 28.9 Å². The lowest BCUT2D eigenvalue weighted by atomic mass is 10.2. The summed E-state index contributed by atoms with van der Waals surface area (Å²) in [6.07, 6.45) is 2.78. The van der Waals surface area contributed by atoms with E-state index in [0.717, 1.165) is 37.5 Å². The second kappa shape index (κ2) is 7.10. The summed E-state index contributed by atoms with van der Waals surface area (Å²) in [5, 5.41) is 4.71. The van der Waals surface area contributed by atoms with Crippen LogP contribution in [-0.4, -0.2) is 76.7 Å². The van der Waals surface area contributed by atoms with E-state index in [1.807, 2.05) is 13.0 Å². The van der Waals surface area contributed by atoms with E-state index in [1.54, 1.807) is 4.52 Å². The molecule has 0 aliphatic carbocycles. The molecule has 10 nitrogen and oxygen atoms in total. The lowest BCUT2D eigenvalue weighted by Crippen LogP contribution is -2.37. The molecule has 0 saturated carbocycles. The molecule has 28 heavy (non-hydrogen) atoms. The molecule has 3 aromatic rings. The van der Waals surface area contributed by atoms with Gasteiger partial charge in [0, 0.05) is 33.4 Å².